The van der Waals surface area contributed by atoms with E-state index in [9.17, 15) is 26.4 Å². The lowest BCUT2D eigenvalue weighted by Crippen LogP contribution is -2.44. The maximum Gasteiger partial charge on any atom is 0.413 e. The van der Waals surface area contributed by atoms with E-state index in [0.29, 0.717) is 44.3 Å². The molecule has 1 aromatic carbocycles. The second-order valence-corrected chi connectivity index (χ2v) is 11.9. The third-order valence-electron chi connectivity index (χ3n) is 6.78. The van der Waals surface area contributed by atoms with Crippen LogP contribution in [0.2, 0.25) is 0 Å². The summed E-state index contributed by atoms with van der Waals surface area (Å²) in [4.78, 5) is 22.5. The Morgan fingerprint density at radius 2 is 1.79 bits per heavy atom. The molecule has 1 amide bonds. The minimum Gasteiger partial charge on any atom is -0.481 e. The summed E-state index contributed by atoms with van der Waals surface area (Å²) in [6.45, 7) is 5.85. The Hall–Kier alpha value is -3.67. The molecule has 0 radical (unpaired) electrons. The van der Waals surface area contributed by atoms with E-state index >= 15 is 0 Å². The molecule has 1 atom stereocenters. The lowest BCUT2D eigenvalue weighted by molar-refractivity contribution is -0.190. The standard InChI is InChI=1S/C27H29F3N4O4S/c1-16(2)23-21(15-31-20-9-10-22(38-4)33-24(20)23)32-19-7-5-17(6-8-19)25(27(28,29)30)34(3)26(35)18-11-13-39(36,37)14-12-18/h5-10,15,18,25,32H,1,11-14H2,2-4H3/t25-/m0/s1. The Labute approximate surface area is 224 Å². The van der Waals surface area contributed by atoms with Crippen molar-refractivity contribution in [2.75, 3.05) is 31.0 Å². The quantitative estimate of drug-likeness (QED) is 0.417. The SMILES string of the molecule is C=C(C)c1c(Nc2ccc([C@H](N(C)C(=O)C3CCS(=O)(=O)CC3)C(F)(F)F)cc2)cnc2ccc(OC)nc12. The van der Waals surface area contributed by atoms with Crippen LogP contribution in [0.3, 0.4) is 0 Å². The van der Waals surface area contributed by atoms with Crippen LogP contribution < -0.4 is 10.1 Å². The molecule has 2 aromatic heterocycles. The summed E-state index contributed by atoms with van der Waals surface area (Å²) in [5.41, 5.74) is 3.54. The normalized spacial score (nSPS) is 16.5. The number of halogens is 3. The van der Waals surface area contributed by atoms with Gasteiger partial charge in [0.2, 0.25) is 11.8 Å². The monoisotopic (exact) mass is 562 g/mol. The first-order valence-corrected chi connectivity index (χ1v) is 14.0. The van der Waals surface area contributed by atoms with Gasteiger partial charge in [-0.15, -0.1) is 0 Å². The molecule has 39 heavy (non-hydrogen) atoms. The summed E-state index contributed by atoms with van der Waals surface area (Å²) in [6, 6.07) is 6.89. The van der Waals surface area contributed by atoms with Gasteiger partial charge in [-0.2, -0.15) is 13.2 Å². The highest BCUT2D eigenvalue weighted by molar-refractivity contribution is 7.91. The smallest absolute Gasteiger partial charge is 0.413 e. The molecule has 0 bridgehead atoms. The fraction of sp³-hybridized carbons (Fsp3) is 0.370. The Bertz CT molecular complexity index is 1490. The molecule has 1 N–H and O–H groups in total. The van der Waals surface area contributed by atoms with Crippen LogP contribution in [-0.2, 0) is 14.6 Å². The van der Waals surface area contributed by atoms with Crippen molar-refractivity contribution in [2.24, 2.45) is 5.92 Å². The van der Waals surface area contributed by atoms with E-state index in [1.165, 1.54) is 31.4 Å². The van der Waals surface area contributed by atoms with Crippen molar-refractivity contribution in [3.05, 3.63) is 60.3 Å². The maximum absolute atomic E-state index is 14.2. The Morgan fingerprint density at radius 1 is 1.15 bits per heavy atom. The highest BCUT2D eigenvalue weighted by Crippen LogP contribution is 2.39. The number of fused-ring (bicyclic) bond motifs is 1. The number of carbonyl (C=O) groups excluding carboxylic acids is 1. The van der Waals surface area contributed by atoms with Crippen LogP contribution in [0.25, 0.3) is 16.6 Å². The number of anilines is 2. The van der Waals surface area contributed by atoms with Crippen LogP contribution in [0, 0.1) is 5.92 Å². The zero-order valence-electron chi connectivity index (χ0n) is 21.7. The van der Waals surface area contributed by atoms with Gasteiger partial charge in [0.1, 0.15) is 15.4 Å². The van der Waals surface area contributed by atoms with Gasteiger partial charge in [-0.3, -0.25) is 9.78 Å². The van der Waals surface area contributed by atoms with Crippen molar-refractivity contribution in [1.82, 2.24) is 14.9 Å². The Morgan fingerprint density at radius 3 is 2.36 bits per heavy atom. The number of sulfone groups is 1. The average Bonchev–Trinajstić information content (AvgIpc) is 2.87. The molecular weight excluding hydrogens is 533 g/mol. The van der Waals surface area contributed by atoms with Gasteiger partial charge >= 0.3 is 6.18 Å². The molecule has 0 unspecified atom stereocenters. The van der Waals surface area contributed by atoms with Crippen LogP contribution in [0.15, 0.2) is 49.2 Å². The van der Waals surface area contributed by atoms with Gasteiger partial charge in [0.25, 0.3) is 0 Å². The third-order valence-corrected chi connectivity index (χ3v) is 8.49. The lowest BCUT2D eigenvalue weighted by atomic mass is 9.98. The van der Waals surface area contributed by atoms with E-state index in [4.69, 9.17) is 4.74 Å². The Kier molecular flexibility index (Phi) is 7.87. The Balaban J connectivity index is 1.60. The number of allylic oxidation sites excluding steroid dienone is 1. The molecule has 4 rings (SSSR count). The van der Waals surface area contributed by atoms with Crippen molar-refractivity contribution in [3.63, 3.8) is 0 Å². The van der Waals surface area contributed by atoms with Gasteiger partial charge in [-0.1, -0.05) is 18.7 Å². The fourth-order valence-corrected chi connectivity index (χ4v) is 6.27. The van der Waals surface area contributed by atoms with E-state index in [1.807, 2.05) is 6.92 Å². The van der Waals surface area contributed by atoms with Crippen LogP contribution in [0.5, 0.6) is 5.88 Å². The van der Waals surface area contributed by atoms with Gasteiger partial charge in [0, 0.05) is 30.3 Å². The van der Waals surface area contributed by atoms with E-state index in [1.54, 1.807) is 18.3 Å². The summed E-state index contributed by atoms with van der Waals surface area (Å²) in [7, 11) is -0.638. The molecule has 1 fully saturated rings. The predicted octanol–water partition coefficient (Wildman–Crippen LogP) is 5.30. The van der Waals surface area contributed by atoms with Gasteiger partial charge in [0.05, 0.1) is 36.0 Å². The molecule has 0 aliphatic carbocycles. The lowest BCUT2D eigenvalue weighted by Gasteiger charge is -2.34. The third kappa shape index (κ3) is 6.16. The maximum atomic E-state index is 14.2. The number of aromatic nitrogens is 2. The minimum absolute atomic E-state index is 0.0184. The molecule has 3 aromatic rings. The number of hydrogen-bond donors (Lipinski definition) is 1. The van der Waals surface area contributed by atoms with E-state index < -0.39 is 33.9 Å². The van der Waals surface area contributed by atoms with Gasteiger partial charge in [-0.05, 0) is 49.1 Å². The van der Waals surface area contributed by atoms with Gasteiger partial charge < -0.3 is 15.0 Å². The highest BCUT2D eigenvalue weighted by atomic mass is 32.2. The first kappa shape index (κ1) is 28.3. The summed E-state index contributed by atoms with van der Waals surface area (Å²) in [5.74, 6) is -1.48. The second-order valence-electron chi connectivity index (χ2n) is 9.61. The number of pyridine rings is 2. The van der Waals surface area contributed by atoms with E-state index in [2.05, 4.69) is 21.9 Å². The first-order valence-electron chi connectivity index (χ1n) is 12.2. The van der Waals surface area contributed by atoms with Crippen molar-refractivity contribution in [1.29, 1.82) is 0 Å². The molecule has 8 nitrogen and oxygen atoms in total. The van der Waals surface area contributed by atoms with Crippen molar-refractivity contribution in [2.45, 2.75) is 32.0 Å². The minimum atomic E-state index is -4.74. The van der Waals surface area contributed by atoms with Crippen molar-refractivity contribution in [3.8, 4) is 5.88 Å². The molecule has 1 aliphatic rings. The number of amides is 1. The number of rotatable bonds is 7. The topological polar surface area (TPSA) is 101 Å². The number of alkyl halides is 3. The van der Waals surface area contributed by atoms with E-state index in [-0.39, 0.29) is 29.9 Å². The van der Waals surface area contributed by atoms with Crippen LogP contribution in [0.1, 0.15) is 36.9 Å². The molecule has 3 heterocycles. The molecule has 1 saturated heterocycles. The number of ether oxygens (including phenoxy) is 1. The van der Waals surface area contributed by atoms with Gasteiger partial charge in [-0.25, -0.2) is 13.4 Å². The predicted molar refractivity (Wildman–Crippen MR) is 143 cm³/mol. The number of benzene rings is 1. The first-order chi connectivity index (χ1) is 18.3. The second kappa shape index (κ2) is 10.8. The number of hydrogen-bond acceptors (Lipinski definition) is 7. The largest absolute Gasteiger partial charge is 0.481 e. The molecule has 208 valence electrons. The van der Waals surface area contributed by atoms with Crippen LogP contribution in [0.4, 0.5) is 24.5 Å². The van der Waals surface area contributed by atoms with E-state index in [0.717, 1.165) is 7.05 Å². The van der Waals surface area contributed by atoms with Crippen LogP contribution in [-0.4, -0.2) is 61.0 Å². The molecule has 0 spiro atoms. The number of nitrogens with zero attached hydrogens (tertiary/aromatic N) is 3. The zero-order chi connectivity index (χ0) is 28.5. The van der Waals surface area contributed by atoms with Crippen molar-refractivity contribution >= 4 is 43.7 Å². The molecule has 1 aliphatic heterocycles. The van der Waals surface area contributed by atoms with Gasteiger partial charge in [0.15, 0.2) is 6.04 Å². The van der Waals surface area contributed by atoms with Crippen LogP contribution >= 0.6 is 0 Å². The number of carbonyl (C=O) groups is 1. The highest BCUT2D eigenvalue weighted by Gasteiger charge is 2.46. The molecular formula is C27H29F3N4O4S. The average molecular weight is 563 g/mol. The molecule has 0 saturated carbocycles. The zero-order valence-corrected chi connectivity index (χ0v) is 22.6. The summed E-state index contributed by atoms with van der Waals surface area (Å²) < 4.78 is 71.1. The summed E-state index contributed by atoms with van der Waals surface area (Å²) in [5, 5.41) is 3.18. The molecule has 12 heteroatoms. The number of nitrogens with one attached hydrogen (secondary N) is 1. The summed E-state index contributed by atoms with van der Waals surface area (Å²) >= 11 is 0. The number of methoxy groups -OCH3 is 1. The fourth-order valence-electron chi connectivity index (χ4n) is 4.78. The van der Waals surface area contributed by atoms with Crippen molar-refractivity contribution < 1.29 is 31.1 Å². The summed E-state index contributed by atoms with van der Waals surface area (Å²) in [6.07, 6.45) is -3.10.